The van der Waals surface area contributed by atoms with Gasteiger partial charge in [-0.25, -0.2) is 0 Å². The van der Waals surface area contributed by atoms with E-state index >= 15 is 0 Å². The number of carbonyl (C=O) groups excluding carboxylic acids is 2. The Balaban J connectivity index is 3.70. The Morgan fingerprint density at radius 2 is 2.00 bits per heavy atom. The van der Waals surface area contributed by atoms with Crippen molar-refractivity contribution in [2.45, 2.75) is 18.9 Å². The Morgan fingerprint density at radius 3 is 2.27 bits per heavy atom. The summed E-state index contributed by atoms with van der Waals surface area (Å²) in [5, 5.41) is 2.84. The van der Waals surface area contributed by atoms with Crippen LogP contribution >= 0.6 is 45.2 Å². The van der Waals surface area contributed by atoms with Gasteiger partial charge in [0.15, 0.2) is 3.79 Å². The molecule has 5 heteroatoms. The van der Waals surface area contributed by atoms with E-state index in [1.54, 1.807) is 52.2 Å². The first-order valence-electron chi connectivity index (χ1n) is 3.13. The van der Waals surface area contributed by atoms with Crippen molar-refractivity contribution in [2.75, 3.05) is 7.05 Å². The van der Waals surface area contributed by atoms with Crippen LogP contribution in [-0.2, 0) is 9.59 Å². The minimum absolute atomic E-state index is 0.0581. The van der Waals surface area contributed by atoms with Crippen molar-refractivity contribution in [2.24, 2.45) is 0 Å². The molecule has 0 aliphatic heterocycles. The molecular weight excluding hydrogens is 372 g/mol. The van der Waals surface area contributed by atoms with Crippen molar-refractivity contribution < 1.29 is 9.59 Å². The highest BCUT2D eigenvalue weighted by molar-refractivity contribution is 14.1. The summed E-state index contributed by atoms with van der Waals surface area (Å²) in [6, 6.07) is -0.172. The molecule has 11 heavy (non-hydrogen) atoms. The van der Waals surface area contributed by atoms with Crippen molar-refractivity contribution in [3.05, 3.63) is 0 Å². The fourth-order valence-electron chi connectivity index (χ4n) is 0.629. The van der Waals surface area contributed by atoms with Crippen LogP contribution in [0.5, 0.6) is 0 Å². The molecule has 0 saturated carbocycles. The Hall–Kier alpha value is 0.760. The van der Waals surface area contributed by atoms with Gasteiger partial charge in [-0.2, -0.15) is 0 Å². The van der Waals surface area contributed by atoms with Crippen molar-refractivity contribution in [1.29, 1.82) is 0 Å². The predicted octanol–water partition coefficient (Wildman–Crippen LogP) is 1.28. The Kier molecular flexibility index (Phi) is 6.73. The molecule has 0 radical (unpaired) electrons. The number of hydrogen-bond acceptors (Lipinski definition) is 3. The lowest BCUT2D eigenvalue weighted by Crippen LogP contribution is -2.30. The summed E-state index contributed by atoms with van der Waals surface area (Å²) in [6.45, 7) is 0. The van der Waals surface area contributed by atoms with Gasteiger partial charge in [-0.1, -0.05) is 0 Å². The topological polar surface area (TPSA) is 46.2 Å². The highest BCUT2D eigenvalue weighted by atomic mass is 127. The molecule has 0 spiro atoms. The number of likely N-dealkylation sites (N-methyl/N-ethyl adjacent to an activating group) is 1. The standard InChI is InChI=1S/C6H9I2NO2/c1-9-4(6(8)11)2-3-5(7)10/h4,9H,2-3H2,1H3. The van der Waals surface area contributed by atoms with E-state index in [1.165, 1.54) is 0 Å². The van der Waals surface area contributed by atoms with Crippen molar-refractivity contribution >= 4 is 52.8 Å². The third-order valence-electron chi connectivity index (χ3n) is 1.25. The first-order valence-corrected chi connectivity index (χ1v) is 5.28. The lowest BCUT2D eigenvalue weighted by Gasteiger charge is -2.08. The van der Waals surface area contributed by atoms with Gasteiger partial charge in [0.2, 0.25) is 3.79 Å². The summed E-state index contributed by atoms with van der Waals surface area (Å²) in [5.41, 5.74) is 0. The molecule has 1 atom stereocenters. The van der Waals surface area contributed by atoms with Gasteiger partial charge >= 0.3 is 0 Å². The van der Waals surface area contributed by atoms with E-state index in [0.29, 0.717) is 12.8 Å². The van der Waals surface area contributed by atoms with Crippen LogP contribution in [0.1, 0.15) is 12.8 Å². The third kappa shape index (κ3) is 5.97. The Labute approximate surface area is 93.0 Å². The fourth-order valence-corrected chi connectivity index (χ4v) is 1.56. The molecular formula is C6H9I2NO2. The smallest absolute Gasteiger partial charge is 0.209 e. The van der Waals surface area contributed by atoms with Gasteiger partial charge in [0.05, 0.1) is 6.04 Å². The van der Waals surface area contributed by atoms with Crippen molar-refractivity contribution in [1.82, 2.24) is 5.32 Å². The average molecular weight is 381 g/mol. The van der Waals surface area contributed by atoms with Crippen LogP contribution in [0.3, 0.4) is 0 Å². The van der Waals surface area contributed by atoms with Gasteiger partial charge in [0.25, 0.3) is 0 Å². The van der Waals surface area contributed by atoms with Crippen molar-refractivity contribution in [3.8, 4) is 0 Å². The summed E-state index contributed by atoms with van der Waals surface area (Å²) in [5.74, 6) is 0. The molecule has 0 bridgehead atoms. The molecule has 0 heterocycles. The lowest BCUT2D eigenvalue weighted by atomic mass is 10.2. The second-order valence-corrected chi connectivity index (χ2v) is 4.31. The second-order valence-electron chi connectivity index (χ2n) is 2.04. The molecule has 64 valence electrons. The monoisotopic (exact) mass is 381 g/mol. The first kappa shape index (κ1) is 11.8. The van der Waals surface area contributed by atoms with E-state index in [1.807, 2.05) is 0 Å². The minimum Gasteiger partial charge on any atom is -0.310 e. The highest BCUT2D eigenvalue weighted by Gasteiger charge is 2.13. The summed E-state index contributed by atoms with van der Waals surface area (Å²) >= 11 is 3.47. The van der Waals surface area contributed by atoms with Crippen LogP contribution in [0.2, 0.25) is 0 Å². The first-order chi connectivity index (χ1) is 5.07. The van der Waals surface area contributed by atoms with Crippen molar-refractivity contribution in [3.63, 3.8) is 0 Å². The normalized spacial score (nSPS) is 12.6. The Morgan fingerprint density at radius 1 is 1.45 bits per heavy atom. The summed E-state index contributed by atoms with van der Waals surface area (Å²) in [6.07, 6.45) is 1.06. The molecule has 0 aromatic carbocycles. The highest BCUT2D eigenvalue weighted by Crippen LogP contribution is 2.05. The third-order valence-corrected chi connectivity index (χ3v) is 2.54. The van der Waals surface area contributed by atoms with Crippen LogP contribution in [0.4, 0.5) is 0 Å². The van der Waals surface area contributed by atoms with Gasteiger partial charge in [-0.05, 0) is 36.1 Å². The maximum Gasteiger partial charge on any atom is 0.209 e. The SMILES string of the molecule is CNC(CCC(=O)I)C(=O)I. The van der Waals surface area contributed by atoms with E-state index in [-0.39, 0.29) is 13.6 Å². The number of halogens is 2. The van der Waals surface area contributed by atoms with Gasteiger partial charge in [-0.15, -0.1) is 0 Å². The van der Waals surface area contributed by atoms with Crippen LogP contribution in [0, 0.1) is 0 Å². The number of hydrogen-bond donors (Lipinski definition) is 1. The quantitative estimate of drug-likeness (QED) is 0.577. The van der Waals surface area contributed by atoms with E-state index in [9.17, 15) is 9.59 Å². The molecule has 1 unspecified atom stereocenters. The zero-order valence-electron chi connectivity index (χ0n) is 6.06. The molecule has 3 nitrogen and oxygen atoms in total. The lowest BCUT2D eigenvalue weighted by molar-refractivity contribution is -0.111. The van der Waals surface area contributed by atoms with Crippen LogP contribution < -0.4 is 5.32 Å². The minimum atomic E-state index is -0.172. The van der Waals surface area contributed by atoms with E-state index in [4.69, 9.17) is 0 Å². The number of rotatable bonds is 5. The van der Waals surface area contributed by atoms with Crippen LogP contribution in [-0.4, -0.2) is 20.7 Å². The summed E-state index contributed by atoms with van der Waals surface area (Å²) in [4.78, 5) is 21.3. The molecule has 0 saturated heterocycles. The van der Waals surface area contributed by atoms with E-state index in [0.717, 1.165) is 0 Å². The molecule has 0 fully saturated rings. The molecule has 0 amide bonds. The van der Waals surface area contributed by atoms with Gasteiger partial charge in [-0.3, -0.25) is 9.59 Å². The molecule has 1 N–H and O–H groups in total. The maximum atomic E-state index is 10.8. The molecule has 0 aromatic heterocycles. The largest absolute Gasteiger partial charge is 0.310 e. The number of carbonyl (C=O) groups is 2. The van der Waals surface area contributed by atoms with Gasteiger partial charge < -0.3 is 5.32 Å². The second kappa shape index (κ2) is 6.30. The van der Waals surface area contributed by atoms with Gasteiger partial charge in [0.1, 0.15) is 0 Å². The zero-order chi connectivity index (χ0) is 8.85. The average Bonchev–Trinajstić information content (AvgIpc) is 1.87. The Bertz CT molecular complexity index is 161. The zero-order valence-corrected chi connectivity index (χ0v) is 10.4. The fraction of sp³-hybridized carbons (Fsp3) is 0.667. The van der Waals surface area contributed by atoms with Crippen LogP contribution in [0.25, 0.3) is 0 Å². The molecule has 0 aliphatic rings. The molecule has 0 aliphatic carbocycles. The van der Waals surface area contributed by atoms with E-state index < -0.39 is 0 Å². The molecule has 0 rings (SSSR count). The number of nitrogens with one attached hydrogen (secondary N) is 1. The maximum absolute atomic E-state index is 10.8. The van der Waals surface area contributed by atoms with Gasteiger partial charge in [0, 0.05) is 29.0 Å². The predicted molar refractivity (Wildman–Crippen MR) is 60.1 cm³/mol. The summed E-state index contributed by atoms with van der Waals surface area (Å²) < 4.78 is 0.156. The summed E-state index contributed by atoms with van der Waals surface area (Å²) in [7, 11) is 1.72. The van der Waals surface area contributed by atoms with E-state index in [2.05, 4.69) is 5.32 Å². The van der Waals surface area contributed by atoms with Crippen LogP contribution in [0.15, 0.2) is 0 Å². The molecule has 0 aromatic rings.